The number of carbonyl (C=O) groups excluding carboxylic acids is 1. The molecule has 2 aromatic carbocycles. The zero-order valence-corrected chi connectivity index (χ0v) is 15.2. The van der Waals surface area contributed by atoms with Crippen LogP contribution >= 0.6 is 0 Å². The first kappa shape index (κ1) is 17.6. The lowest BCUT2D eigenvalue weighted by atomic mass is 10.1. The second-order valence-corrected chi connectivity index (χ2v) is 8.21. The molecule has 6 heteroatoms. The van der Waals surface area contributed by atoms with Crippen molar-refractivity contribution in [1.82, 2.24) is 4.72 Å². The Morgan fingerprint density at radius 3 is 2.20 bits per heavy atom. The average Bonchev–Trinajstić information content (AvgIpc) is 3.48. The molecule has 132 valence electrons. The molecule has 1 atom stereocenters. The van der Waals surface area contributed by atoms with Gasteiger partial charge in [0.2, 0.25) is 10.0 Å². The van der Waals surface area contributed by atoms with Gasteiger partial charge in [-0.25, -0.2) is 13.1 Å². The maximum absolute atomic E-state index is 13.1. The number of para-hydroxylation sites is 1. The molecule has 1 saturated carbocycles. The molecule has 25 heavy (non-hydrogen) atoms. The zero-order valence-electron chi connectivity index (χ0n) is 14.3. The zero-order chi connectivity index (χ0) is 18.0. The van der Waals surface area contributed by atoms with Gasteiger partial charge >= 0.3 is 0 Å². The monoisotopic (exact) mass is 358 g/mol. The average molecular weight is 358 g/mol. The summed E-state index contributed by atoms with van der Waals surface area (Å²) in [6, 6.07) is 15.8. The summed E-state index contributed by atoms with van der Waals surface area (Å²) in [6.07, 6.45) is 2.27. The van der Waals surface area contributed by atoms with Crippen LogP contribution in [-0.2, 0) is 10.0 Å². The van der Waals surface area contributed by atoms with Crippen molar-refractivity contribution in [3.8, 4) is 0 Å². The van der Waals surface area contributed by atoms with E-state index in [4.69, 9.17) is 0 Å². The Morgan fingerprint density at radius 2 is 1.68 bits per heavy atom. The molecule has 5 nitrogen and oxygen atoms in total. The van der Waals surface area contributed by atoms with E-state index >= 15 is 0 Å². The number of nitrogens with one attached hydrogen (secondary N) is 1. The summed E-state index contributed by atoms with van der Waals surface area (Å²) < 4.78 is 25.9. The maximum atomic E-state index is 13.1. The van der Waals surface area contributed by atoms with Crippen molar-refractivity contribution in [2.24, 2.45) is 5.92 Å². The number of anilines is 1. The quantitative estimate of drug-likeness (QED) is 0.863. The van der Waals surface area contributed by atoms with Gasteiger partial charge in [0.05, 0.1) is 4.90 Å². The highest BCUT2D eigenvalue weighted by molar-refractivity contribution is 7.89. The number of benzene rings is 2. The summed E-state index contributed by atoms with van der Waals surface area (Å²) in [4.78, 5) is 15.1. The van der Waals surface area contributed by atoms with Gasteiger partial charge in [-0.1, -0.05) is 18.2 Å². The van der Waals surface area contributed by atoms with Crippen LogP contribution < -0.4 is 9.62 Å². The number of hydrogen-bond donors (Lipinski definition) is 1. The highest BCUT2D eigenvalue weighted by Gasteiger charge is 2.35. The van der Waals surface area contributed by atoms with Gasteiger partial charge in [0.25, 0.3) is 5.91 Å². The number of carbonyl (C=O) groups is 1. The van der Waals surface area contributed by atoms with E-state index in [9.17, 15) is 13.2 Å². The Hall–Kier alpha value is -2.18. The fourth-order valence-electron chi connectivity index (χ4n) is 2.95. The molecular weight excluding hydrogens is 336 g/mol. The van der Waals surface area contributed by atoms with Crippen molar-refractivity contribution >= 4 is 21.6 Å². The summed E-state index contributed by atoms with van der Waals surface area (Å²) in [7, 11) is -2.14. The van der Waals surface area contributed by atoms with Crippen molar-refractivity contribution in [3.63, 3.8) is 0 Å². The van der Waals surface area contributed by atoms with Crippen molar-refractivity contribution < 1.29 is 13.2 Å². The van der Waals surface area contributed by atoms with E-state index in [1.165, 1.54) is 19.2 Å². The molecule has 0 heterocycles. The first-order chi connectivity index (χ1) is 11.9. The van der Waals surface area contributed by atoms with Crippen LogP contribution in [0.25, 0.3) is 0 Å². The topological polar surface area (TPSA) is 66.5 Å². The van der Waals surface area contributed by atoms with Gasteiger partial charge in [0.1, 0.15) is 0 Å². The molecule has 1 aliphatic carbocycles. The van der Waals surface area contributed by atoms with E-state index < -0.39 is 10.0 Å². The molecule has 0 spiro atoms. The SMILES string of the molecule is CNS(=O)(=O)c1ccc(C(=O)N(c2ccccc2)C(C)C2CC2)cc1. The lowest BCUT2D eigenvalue weighted by molar-refractivity contribution is 0.0975. The molecule has 3 rings (SSSR count). The predicted octanol–water partition coefficient (Wildman–Crippen LogP) is 3.04. The van der Waals surface area contributed by atoms with Crippen molar-refractivity contribution in [3.05, 3.63) is 60.2 Å². The molecule has 0 bridgehead atoms. The maximum Gasteiger partial charge on any atom is 0.258 e. The molecule has 0 aromatic heterocycles. The molecule has 2 aromatic rings. The van der Waals surface area contributed by atoms with Crippen molar-refractivity contribution in [2.75, 3.05) is 11.9 Å². The normalized spacial score (nSPS) is 15.6. The molecule has 1 fully saturated rings. The molecule has 1 amide bonds. The summed E-state index contributed by atoms with van der Waals surface area (Å²) in [6.45, 7) is 2.07. The van der Waals surface area contributed by atoms with E-state index in [1.54, 1.807) is 12.1 Å². The van der Waals surface area contributed by atoms with Crippen LogP contribution in [0.2, 0.25) is 0 Å². The first-order valence-corrected chi connectivity index (χ1v) is 9.84. The molecule has 0 aliphatic heterocycles. The second kappa shape index (κ2) is 6.98. The Morgan fingerprint density at radius 1 is 1.08 bits per heavy atom. The highest BCUT2D eigenvalue weighted by Crippen LogP contribution is 2.37. The van der Waals surface area contributed by atoms with E-state index in [0.717, 1.165) is 18.5 Å². The number of amides is 1. The van der Waals surface area contributed by atoms with E-state index in [0.29, 0.717) is 11.5 Å². The highest BCUT2D eigenvalue weighted by atomic mass is 32.2. The van der Waals surface area contributed by atoms with Crippen LogP contribution in [0.15, 0.2) is 59.5 Å². The third-order valence-corrected chi connectivity index (χ3v) is 6.08. The van der Waals surface area contributed by atoms with Gasteiger partial charge < -0.3 is 4.90 Å². The smallest absolute Gasteiger partial charge is 0.258 e. The lowest BCUT2D eigenvalue weighted by Crippen LogP contribution is -2.40. The number of rotatable bonds is 6. The Kier molecular flexibility index (Phi) is 4.92. The second-order valence-electron chi connectivity index (χ2n) is 6.32. The van der Waals surface area contributed by atoms with Crippen LogP contribution in [0.1, 0.15) is 30.1 Å². The minimum atomic E-state index is -3.51. The predicted molar refractivity (Wildman–Crippen MR) is 98.1 cm³/mol. The van der Waals surface area contributed by atoms with Gasteiger partial charge in [-0.15, -0.1) is 0 Å². The van der Waals surface area contributed by atoms with Gasteiger partial charge in [-0.05, 0) is 69.1 Å². The van der Waals surface area contributed by atoms with Crippen molar-refractivity contribution in [2.45, 2.75) is 30.7 Å². The first-order valence-electron chi connectivity index (χ1n) is 8.36. The Balaban J connectivity index is 1.92. The molecular formula is C19H22N2O3S. The largest absolute Gasteiger partial charge is 0.305 e. The lowest BCUT2D eigenvalue weighted by Gasteiger charge is -2.29. The third kappa shape index (κ3) is 3.75. The van der Waals surface area contributed by atoms with E-state index in [-0.39, 0.29) is 16.8 Å². The van der Waals surface area contributed by atoms with Gasteiger partial charge in [0, 0.05) is 17.3 Å². The summed E-state index contributed by atoms with van der Waals surface area (Å²) in [5.74, 6) is 0.409. The Bertz CT molecular complexity index is 844. The molecule has 1 unspecified atom stereocenters. The molecule has 0 saturated heterocycles. The van der Waals surface area contributed by atoms with Crippen molar-refractivity contribution in [1.29, 1.82) is 0 Å². The number of sulfonamides is 1. The fourth-order valence-corrected chi connectivity index (χ4v) is 3.68. The van der Waals surface area contributed by atoms with Gasteiger partial charge in [-0.3, -0.25) is 4.79 Å². The Labute approximate surface area is 148 Å². The fraction of sp³-hybridized carbons (Fsp3) is 0.316. The van der Waals surface area contributed by atoms with Crippen LogP contribution in [0.4, 0.5) is 5.69 Å². The van der Waals surface area contributed by atoms with Crippen LogP contribution in [0.3, 0.4) is 0 Å². The van der Waals surface area contributed by atoms with E-state index in [2.05, 4.69) is 11.6 Å². The standard InChI is InChI=1S/C19H22N2O3S/c1-14(15-8-9-15)21(17-6-4-3-5-7-17)19(22)16-10-12-18(13-11-16)25(23,24)20-2/h3-7,10-15,20H,8-9H2,1-2H3. The minimum Gasteiger partial charge on any atom is -0.305 e. The minimum absolute atomic E-state index is 0.107. The van der Waals surface area contributed by atoms with Crippen LogP contribution in [0, 0.1) is 5.92 Å². The summed E-state index contributed by atoms with van der Waals surface area (Å²) in [5.41, 5.74) is 1.34. The van der Waals surface area contributed by atoms with Crippen LogP contribution in [-0.4, -0.2) is 27.4 Å². The van der Waals surface area contributed by atoms with Gasteiger partial charge in [-0.2, -0.15) is 0 Å². The molecule has 0 radical (unpaired) electrons. The van der Waals surface area contributed by atoms with Crippen LogP contribution in [0.5, 0.6) is 0 Å². The molecule has 1 N–H and O–H groups in total. The third-order valence-electron chi connectivity index (χ3n) is 4.64. The summed E-state index contributed by atoms with van der Waals surface area (Å²) >= 11 is 0. The number of nitrogens with zero attached hydrogens (tertiary/aromatic N) is 1. The molecule has 1 aliphatic rings. The number of hydrogen-bond acceptors (Lipinski definition) is 3. The van der Waals surface area contributed by atoms with E-state index in [1.807, 2.05) is 35.2 Å². The summed E-state index contributed by atoms with van der Waals surface area (Å²) in [5, 5.41) is 0. The van der Waals surface area contributed by atoms with Gasteiger partial charge in [0.15, 0.2) is 0 Å².